The van der Waals surface area contributed by atoms with Crippen LogP contribution >= 0.6 is 0 Å². The summed E-state index contributed by atoms with van der Waals surface area (Å²) in [5.74, 6) is -0.210. The van der Waals surface area contributed by atoms with Gasteiger partial charge in [-0.15, -0.1) is 0 Å². The molecular weight excluding hydrogens is 266 g/mol. The fourth-order valence-corrected chi connectivity index (χ4v) is 2.17. The number of aliphatic hydroxyl groups excluding tert-OH is 1. The van der Waals surface area contributed by atoms with E-state index in [1.165, 1.54) is 0 Å². The third-order valence-corrected chi connectivity index (χ3v) is 3.34. The summed E-state index contributed by atoms with van der Waals surface area (Å²) in [4.78, 5) is 12.2. The standard InChI is InChI=1S/C16H15N3O2/c20-10-12-7-5-11(6-8-12)9-17-16(21)15-13-3-1-2-4-14(13)18-19-15/h1-8,20H,9-10H2,(H,17,21)(H,18,19). The molecule has 1 heterocycles. The third-order valence-electron chi connectivity index (χ3n) is 3.34. The van der Waals surface area contributed by atoms with Crippen molar-refractivity contribution < 1.29 is 9.90 Å². The van der Waals surface area contributed by atoms with Crippen LogP contribution in [0.4, 0.5) is 0 Å². The molecule has 0 unspecified atom stereocenters. The normalized spacial score (nSPS) is 10.7. The van der Waals surface area contributed by atoms with Gasteiger partial charge in [0.2, 0.25) is 0 Å². The molecule has 0 aliphatic rings. The van der Waals surface area contributed by atoms with Crippen LogP contribution in [0.25, 0.3) is 10.9 Å². The molecule has 0 fully saturated rings. The number of para-hydroxylation sites is 1. The number of amides is 1. The molecule has 0 aliphatic carbocycles. The van der Waals surface area contributed by atoms with E-state index in [0.29, 0.717) is 12.2 Å². The molecule has 0 saturated heterocycles. The van der Waals surface area contributed by atoms with Crippen LogP contribution in [-0.2, 0) is 13.2 Å². The lowest BCUT2D eigenvalue weighted by Crippen LogP contribution is -2.23. The monoisotopic (exact) mass is 281 g/mol. The number of nitrogens with zero attached hydrogens (tertiary/aromatic N) is 1. The number of benzene rings is 2. The molecule has 0 radical (unpaired) electrons. The van der Waals surface area contributed by atoms with Crippen LogP contribution in [-0.4, -0.2) is 21.2 Å². The fourth-order valence-electron chi connectivity index (χ4n) is 2.17. The molecule has 3 rings (SSSR count). The van der Waals surface area contributed by atoms with Crippen LogP contribution in [0.15, 0.2) is 48.5 Å². The number of hydrogen-bond donors (Lipinski definition) is 3. The minimum Gasteiger partial charge on any atom is -0.392 e. The molecule has 2 aromatic carbocycles. The number of nitrogens with one attached hydrogen (secondary N) is 2. The first kappa shape index (κ1) is 13.3. The molecule has 0 aliphatic heterocycles. The van der Waals surface area contributed by atoms with Crippen LogP contribution in [0.5, 0.6) is 0 Å². The summed E-state index contributed by atoms with van der Waals surface area (Å²) in [5, 5.41) is 19.6. The number of fused-ring (bicyclic) bond motifs is 1. The molecule has 3 aromatic rings. The smallest absolute Gasteiger partial charge is 0.272 e. The summed E-state index contributed by atoms with van der Waals surface area (Å²) in [6.45, 7) is 0.442. The van der Waals surface area contributed by atoms with Gasteiger partial charge in [0.15, 0.2) is 5.69 Å². The molecule has 3 N–H and O–H groups in total. The maximum Gasteiger partial charge on any atom is 0.272 e. The Labute approximate surface area is 121 Å². The average Bonchev–Trinajstić information content (AvgIpc) is 2.97. The van der Waals surface area contributed by atoms with Gasteiger partial charge in [-0.25, -0.2) is 0 Å². The molecule has 21 heavy (non-hydrogen) atoms. The molecule has 1 aromatic heterocycles. The molecule has 0 spiro atoms. The molecule has 0 atom stereocenters. The minimum atomic E-state index is -0.210. The van der Waals surface area contributed by atoms with Crippen molar-refractivity contribution in [3.8, 4) is 0 Å². The molecule has 5 heteroatoms. The second kappa shape index (κ2) is 5.76. The van der Waals surface area contributed by atoms with Crippen LogP contribution in [0.3, 0.4) is 0 Å². The van der Waals surface area contributed by atoms with E-state index in [1.54, 1.807) is 0 Å². The minimum absolute atomic E-state index is 0.0197. The fraction of sp³-hybridized carbons (Fsp3) is 0.125. The van der Waals surface area contributed by atoms with Gasteiger partial charge < -0.3 is 10.4 Å². The van der Waals surface area contributed by atoms with E-state index in [0.717, 1.165) is 22.0 Å². The van der Waals surface area contributed by atoms with Gasteiger partial charge >= 0.3 is 0 Å². The highest BCUT2D eigenvalue weighted by molar-refractivity contribution is 6.04. The van der Waals surface area contributed by atoms with E-state index in [9.17, 15) is 4.79 Å². The van der Waals surface area contributed by atoms with Gasteiger partial charge in [0.05, 0.1) is 12.1 Å². The number of hydrogen-bond acceptors (Lipinski definition) is 3. The lowest BCUT2D eigenvalue weighted by molar-refractivity contribution is 0.0947. The molecule has 1 amide bonds. The average molecular weight is 281 g/mol. The van der Waals surface area contributed by atoms with Crippen LogP contribution < -0.4 is 5.32 Å². The van der Waals surface area contributed by atoms with Gasteiger partial charge in [-0.3, -0.25) is 9.89 Å². The van der Waals surface area contributed by atoms with E-state index in [-0.39, 0.29) is 12.5 Å². The van der Waals surface area contributed by atoms with E-state index < -0.39 is 0 Å². The number of aromatic amines is 1. The summed E-state index contributed by atoms with van der Waals surface area (Å²) >= 11 is 0. The molecular formula is C16H15N3O2. The second-order valence-corrected chi connectivity index (χ2v) is 4.78. The highest BCUT2D eigenvalue weighted by Gasteiger charge is 2.13. The van der Waals surface area contributed by atoms with E-state index in [2.05, 4.69) is 15.5 Å². The second-order valence-electron chi connectivity index (χ2n) is 4.78. The lowest BCUT2D eigenvalue weighted by atomic mass is 10.1. The number of aromatic nitrogens is 2. The van der Waals surface area contributed by atoms with E-state index in [1.807, 2.05) is 48.5 Å². The van der Waals surface area contributed by atoms with Crippen molar-refractivity contribution in [3.05, 3.63) is 65.4 Å². The SMILES string of the molecule is O=C(NCc1ccc(CO)cc1)c1n[nH]c2ccccc12. The van der Waals surface area contributed by atoms with Crippen LogP contribution in [0.1, 0.15) is 21.6 Å². The summed E-state index contributed by atoms with van der Waals surface area (Å²) in [5.41, 5.74) is 3.07. The lowest BCUT2D eigenvalue weighted by Gasteiger charge is -2.04. The number of carbonyl (C=O) groups excluding carboxylic acids is 1. The Kier molecular flexibility index (Phi) is 3.66. The van der Waals surface area contributed by atoms with Gasteiger partial charge in [0, 0.05) is 11.9 Å². The van der Waals surface area contributed by atoms with Crippen molar-refractivity contribution in [3.63, 3.8) is 0 Å². The van der Waals surface area contributed by atoms with E-state index in [4.69, 9.17) is 5.11 Å². The van der Waals surface area contributed by atoms with Gasteiger partial charge in [-0.2, -0.15) is 5.10 Å². The zero-order chi connectivity index (χ0) is 14.7. The van der Waals surface area contributed by atoms with Crippen molar-refractivity contribution in [1.82, 2.24) is 15.5 Å². The largest absolute Gasteiger partial charge is 0.392 e. The third kappa shape index (κ3) is 2.78. The summed E-state index contributed by atoms with van der Waals surface area (Å²) < 4.78 is 0. The predicted octanol–water partition coefficient (Wildman–Crippen LogP) is 1.99. The summed E-state index contributed by atoms with van der Waals surface area (Å²) in [7, 11) is 0. The number of aliphatic hydroxyl groups is 1. The van der Waals surface area contributed by atoms with Gasteiger partial charge in [-0.1, -0.05) is 42.5 Å². The zero-order valence-corrected chi connectivity index (χ0v) is 11.3. The van der Waals surface area contributed by atoms with Gasteiger partial charge in [-0.05, 0) is 17.2 Å². The predicted molar refractivity (Wildman–Crippen MR) is 79.6 cm³/mol. The number of rotatable bonds is 4. The first-order valence-corrected chi connectivity index (χ1v) is 6.68. The van der Waals surface area contributed by atoms with E-state index >= 15 is 0 Å². The number of carbonyl (C=O) groups is 1. The molecule has 0 saturated carbocycles. The molecule has 5 nitrogen and oxygen atoms in total. The van der Waals surface area contributed by atoms with Crippen molar-refractivity contribution in [2.75, 3.05) is 0 Å². The zero-order valence-electron chi connectivity index (χ0n) is 11.3. The van der Waals surface area contributed by atoms with Gasteiger partial charge in [0.1, 0.15) is 0 Å². The van der Waals surface area contributed by atoms with Crippen LogP contribution in [0, 0.1) is 0 Å². The maximum atomic E-state index is 12.2. The van der Waals surface area contributed by atoms with Crippen molar-refractivity contribution in [2.24, 2.45) is 0 Å². The quantitative estimate of drug-likeness (QED) is 0.684. The Hall–Kier alpha value is -2.66. The maximum absolute atomic E-state index is 12.2. The highest BCUT2D eigenvalue weighted by Crippen LogP contribution is 2.15. The highest BCUT2D eigenvalue weighted by atomic mass is 16.3. The van der Waals surface area contributed by atoms with Crippen LogP contribution in [0.2, 0.25) is 0 Å². The summed E-state index contributed by atoms with van der Waals surface area (Å²) in [6, 6.07) is 15.0. The molecule has 0 bridgehead atoms. The Bertz CT molecular complexity index is 763. The molecule has 106 valence electrons. The topological polar surface area (TPSA) is 78.0 Å². The Morgan fingerprint density at radius 3 is 2.57 bits per heavy atom. The Morgan fingerprint density at radius 2 is 1.81 bits per heavy atom. The Morgan fingerprint density at radius 1 is 1.10 bits per heavy atom. The van der Waals surface area contributed by atoms with Crippen molar-refractivity contribution in [1.29, 1.82) is 0 Å². The first-order chi connectivity index (χ1) is 10.3. The number of H-pyrrole nitrogens is 1. The first-order valence-electron chi connectivity index (χ1n) is 6.68. The van der Waals surface area contributed by atoms with Crippen molar-refractivity contribution >= 4 is 16.8 Å². The summed E-state index contributed by atoms with van der Waals surface area (Å²) in [6.07, 6.45) is 0. The van der Waals surface area contributed by atoms with Gasteiger partial charge in [0.25, 0.3) is 5.91 Å². The van der Waals surface area contributed by atoms with Crippen molar-refractivity contribution in [2.45, 2.75) is 13.2 Å². The Balaban J connectivity index is 1.71.